The number of carboxylic acids is 1. The molecule has 0 bridgehead atoms. The van der Waals surface area contributed by atoms with Gasteiger partial charge in [-0.05, 0) is 55.2 Å². The zero-order valence-electron chi connectivity index (χ0n) is 12.2. The van der Waals surface area contributed by atoms with Gasteiger partial charge in [0.05, 0.1) is 13.0 Å². The van der Waals surface area contributed by atoms with Gasteiger partial charge in [0.25, 0.3) is 0 Å². The predicted octanol–water partition coefficient (Wildman–Crippen LogP) is 3.21. The van der Waals surface area contributed by atoms with Crippen LogP contribution in [-0.2, 0) is 9.53 Å². The van der Waals surface area contributed by atoms with E-state index in [0.717, 1.165) is 43.6 Å². The first-order chi connectivity index (χ1) is 10.2. The van der Waals surface area contributed by atoms with Gasteiger partial charge in [-0.25, -0.2) is 0 Å². The fourth-order valence-corrected chi connectivity index (χ4v) is 3.03. The molecule has 4 nitrogen and oxygen atoms in total. The minimum Gasteiger partial charge on any atom is -0.488 e. The molecule has 1 saturated heterocycles. The van der Waals surface area contributed by atoms with Gasteiger partial charge in [-0.2, -0.15) is 0 Å². The Morgan fingerprint density at radius 2 is 2.05 bits per heavy atom. The summed E-state index contributed by atoms with van der Waals surface area (Å²) in [7, 11) is 0. The van der Waals surface area contributed by atoms with Crippen molar-refractivity contribution in [2.75, 3.05) is 13.2 Å². The molecule has 2 unspecified atom stereocenters. The second-order valence-electron chi connectivity index (χ2n) is 6.07. The van der Waals surface area contributed by atoms with E-state index in [-0.39, 0.29) is 18.4 Å². The minimum absolute atomic E-state index is 0.142. The van der Waals surface area contributed by atoms with E-state index in [4.69, 9.17) is 14.6 Å². The van der Waals surface area contributed by atoms with Crippen molar-refractivity contribution in [3.63, 3.8) is 0 Å². The molecule has 0 aromatic heterocycles. The van der Waals surface area contributed by atoms with E-state index in [0.29, 0.717) is 12.5 Å². The molecule has 1 aliphatic carbocycles. The first-order valence-corrected chi connectivity index (χ1v) is 7.78. The molecule has 1 N–H and O–H groups in total. The standard InChI is InChI=1S/C17H22O4/c18-17(19)10-16(12-3-4-12)13-5-7-14(8-6-13)21-15-2-1-9-20-11-15/h5-8,12,15-16H,1-4,9-11H2,(H,18,19). The number of ether oxygens (including phenoxy) is 2. The molecule has 1 aromatic carbocycles. The van der Waals surface area contributed by atoms with Crippen molar-refractivity contribution in [2.45, 2.75) is 44.1 Å². The number of rotatable bonds is 6. The lowest BCUT2D eigenvalue weighted by atomic mass is 9.91. The van der Waals surface area contributed by atoms with Crippen LogP contribution in [-0.4, -0.2) is 30.4 Å². The molecule has 3 rings (SSSR count). The van der Waals surface area contributed by atoms with Gasteiger partial charge in [0.15, 0.2) is 0 Å². The second kappa shape index (κ2) is 6.48. The summed E-state index contributed by atoms with van der Waals surface area (Å²) in [6.45, 7) is 1.49. The number of hydrogen-bond acceptors (Lipinski definition) is 3. The van der Waals surface area contributed by atoms with Crippen molar-refractivity contribution in [1.82, 2.24) is 0 Å². The smallest absolute Gasteiger partial charge is 0.303 e. The maximum atomic E-state index is 11.0. The van der Waals surface area contributed by atoms with Crippen molar-refractivity contribution in [2.24, 2.45) is 5.92 Å². The highest BCUT2D eigenvalue weighted by atomic mass is 16.5. The molecule has 0 radical (unpaired) electrons. The Morgan fingerprint density at radius 3 is 2.62 bits per heavy atom. The average Bonchev–Trinajstić information content (AvgIpc) is 3.31. The van der Waals surface area contributed by atoms with Gasteiger partial charge in [-0.3, -0.25) is 4.79 Å². The Balaban J connectivity index is 1.63. The van der Waals surface area contributed by atoms with Gasteiger partial charge in [0.2, 0.25) is 0 Å². The summed E-state index contributed by atoms with van der Waals surface area (Å²) >= 11 is 0. The fraction of sp³-hybridized carbons (Fsp3) is 0.588. The summed E-state index contributed by atoms with van der Waals surface area (Å²) in [6.07, 6.45) is 4.74. The van der Waals surface area contributed by atoms with Crippen LogP contribution in [0.2, 0.25) is 0 Å². The van der Waals surface area contributed by atoms with Gasteiger partial charge in [0.1, 0.15) is 11.9 Å². The van der Waals surface area contributed by atoms with Crippen molar-refractivity contribution >= 4 is 5.97 Å². The summed E-state index contributed by atoms with van der Waals surface area (Å²) < 4.78 is 11.3. The summed E-state index contributed by atoms with van der Waals surface area (Å²) in [5.41, 5.74) is 1.12. The maximum Gasteiger partial charge on any atom is 0.303 e. The number of carboxylic acid groups (broad SMARTS) is 1. The lowest BCUT2D eigenvalue weighted by molar-refractivity contribution is -0.137. The summed E-state index contributed by atoms with van der Waals surface area (Å²) in [5, 5.41) is 9.05. The topological polar surface area (TPSA) is 55.8 Å². The molecule has 1 aliphatic heterocycles. The van der Waals surface area contributed by atoms with Crippen LogP contribution in [0.5, 0.6) is 5.75 Å². The van der Waals surface area contributed by atoms with Crippen LogP contribution in [0, 0.1) is 5.92 Å². The Bertz CT molecular complexity index is 472. The van der Waals surface area contributed by atoms with Crippen LogP contribution in [0.25, 0.3) is 0 Å². The average molecular weight is 290 g/mol. The Kier molecular flexibility index (Phi) is 4.44. The predicted molar refractivity (Wildman–Crippen MR) is 78.6 cm³/mol. The molecular weight excluding hydrogens is 268 g/mol. The molecule has 0 amide bonds. The molecule has 1 saturated carbocycles. The Labute approximate surface area is 125 Å². The van der Waals surface area contributed by atoms with Crippen molar-refractivity contribution in [1.29, 1.82) is 0 Å². The van der Waals surface area contributed by atoms with E-state index >= 15 is 0 Å². The zero-order chi connectivity index (χ0) is 14.7. The van der Waals surface area contributed by atoms with Crippen LogP contribution < -0.4 is 4.74 Å². The van der Waals surface area contributed by atoms with E-state index < -0.39 is 5.97 Å². The maximum absolute atomic E-state index is 11.0. The normalized spacial score (nSPS) is 23.5. The molecular formula is C17H22O4. The van der Waals surface area contributed by atoms with E-state index in [2.05, 4.69) is 0 Å². The molecule has 2 fully saturated rings. The largest absolute Gasteiger partial charge is 0.488 e. The highest BCUT2D eigenvalue weighted by molar-refractivity contribution is 5.68. The SMILES string of the molecule is O=C(O)CC(c1ccc(OC2CCCOC2)cc1)C1CC1. The third-order valence-corrected chi connectivity index (χ3v) is 4.32. The fourth-order valence-electron chi connectivity index (χ4n) is 3.03. The molecule has 1 aromatic rings. The van der Waals surface area contributed by atoms with Crippen LogP contribution in [0.3, 0.4) is 0 Å². The zero-order valence-corrected chi connectivity index (χ0v) is 12.2. The van der Waals surface area contributed by atoms with E-state index in [1.165, 1.54) is 0 Å². The van der Waals surface area contributed by atoms with Gasteiger partial charge in [-0.1, -0.05) is 12.1 Å². The highest BCUT2D eigenvalue weighted by Crippen LogP contribution is 2.44. The summed E-state index contributed by atoms with van der Waals surface area (Å²) in [5.74, 6) is 0.819. The van der Waals surface area contributed by atoms with Gasteiger partial charge >= 0.3 is 5.97 Å². The highest BCUT2D eigenvalue weighted by Gasteiger charge is 2.33. The Hall–Kier alpha value is -1.55. The molecule has 21 heavy (non-hydrogen) atoms. The molecule has 114 valence electrons. The monoisotopic (exact) mass is 290 g/mol. The lowest BCUT2D eigenvalue weighted by Crippen LogP contribution is -2.27. The number of aliphatic carboxylic acids is 1. The van der Waals surface area contributed by atoms with Crippen molar-refractivity contribution < 1.29 is 19.4 Å². The van der Waals surface area contributed by atoms with E-state index in [9.17, 15) is 4.79 Å². The van der Waals surface area contributed by atoms with E-state index in [1.54, 1.807) is 0 Å². The molecule has 0 spiro atoms. The molecule has 1 heterocycles. The van der Waals surface area contributed by atoms with Crippen molar-refractivity contribution in [3.05, 3.63) is 29.8 Å². The van der Waals surface area contributed by atoms with Crippen molar-refractivity contribution in [3.8, 4) is 5.75 Å². The first kappa shape index (κ1) is 14.4. The van der Waals surface area contributed by atoms with Gasteiger partial charge < -0.3 is 14.6 Å². The third kappa shape index (κ3) is 3.97. The number of carbonyl (C=O) groups is 1. The van der Waals surface area contributed by atoms with Crippen LogP contribution in [0.1, 0.15) is 43.6 Å². The molecule has 2 atom stereocenters. The quantitative estimate of drug-likeness (QED) is 0.874. The second-order valence-corrected chi connectivity index (χ2v) is 6.07. The lowest BCUT2D eigenvalue weighted by Gasteiger charge is -2.23. The number of hydrogen-bond donors (Lipinski definition) is 1. The third-order valence-electron chi connectivity index (χ3n) is 4.32. The minimum atomic E-state index is -0.716. The van der Waals surface area contributed by atoms with Gasteiger partial charge in [0, 0.05) is 6.61 Å². The van der Waals surface area contributed by atoms with Crippen LogP contribution in [0.15, 0.2) is 24.3 Å². The van der Waals surface area contributed by atoms with Gasteiger partial charge in [-0.15, -0.1) is 0 Å². The summed E-state index contributed by atoms with van der Waals surface area (Å²) in [4.78, 5) is 11.0. The van der Waals surface area contributed by atoms with E-state index in [1.807, 2.05) is 24.3 Å². The molecule has 4 heteroatoms. The molecule has 2 aliphatic rings. The Morgan fingerprint density at radius 1 is 1.29 bits per heavy atom. The van der Waals surface area contributed by atoms with Crippen LogP contribution in [0.4, 0.5) is 0 Å². The van der Waals surface area contributed by atoms with Crippen LogP contribution >= 0.6 is 0 Å². The summed E-state index contributed by atoms with van der Waals surface area (Å²) in [6, 6.07) is 7.96. The number of benzene rings is 1. The first-order valence-electron chi connectivity index (χ1n) is 7.78.